The molecule has 2 aliphatic heterocycles. The highest BCUT2D eigenvalue weighted by molar-refractivity contribution is 5.98. The first kappa shape index (κ1) is 14.9. The Bertz CT molecular complexity index is 620. The molecule has 2 fully saturated rings. The summed E-state index contributed by atoms with van der Waals surface area (Å²) in [5.74, 6) is -2.52. The van der Waals surface area contributed by atoms with Gasteiger partial charge >= 0.3 is 0 Å². The van der Waals surface area contributed by atoms with Gasteiger partial charge in [0.1, 0.15) is 6.04 Å². The minimum atomic E-state index is -1.15. The minimum Gasteiger partial charge on any atom is -0.341 e. The monoisotopic (exact) mass is 308 g/mol. The van der Waals surface area contributed by atoms with Crippen LogP contribution in [0.3, 0.4) is 0 Å². The Morgan fingerprint density at radius 3 is 2.86 bits per heavy atom. The molecule has 0 aliphatic carbocycles. The second-order valence-electron chi connectivity index (χ2n) is 5.88. The van der Waals surface area contributed by atoms with Crippen LogP contribution in [0.2, 0.25) is 0 Å². The van der Waals surface area contributed by atoms with Crippen molar-refractivity contribution in [2.24, 2.45) is 5.92 Å². The number of carbonyl (C=O) groups excluding carboxylic acids is 2. The summed E-state index contributed by atoms with van der Waals surface area (Å²) in [6, 6.07) is 2.99. The van der Waals surface area contributed by atoms with Gasteiger partial charge < -0.3 is 9.80 Å². The molecule has 6 heteroatoms. The van der Waals surface area contributed by atoms with E-state index in [1.54, 1.807) is 4.90 Å². The Morgan fingerprint density at radius 1 is 1.36 bits per heavy atom. The molecule has 0 spiro atoms. The van der Waals surface area contributed by atoms with E-state index in [4.69, 9.17) is 0 Å². The summed E-state index contributed by atoms with van der Waals surface area (Å²) in [5, 5.41) is 0. The van der Waals surface area contributed by atoms with Crippen molar-refractivity contribution in [2.45, 2.75) is 25.8 Å². The third-order valence-electron chi connectivity index (χ3n) is 4.61. The van der Waals surface area contributed by atoms with Crippen molar-refractivity contribution in [2.75, 3.05) is 19.6 Å². The first-order valence-electron chi connectivity index (χ1n) is 7.56. The summed E-state index contributed by atoms with van der Waals surface area (Å²) in [6.45, 7) is 3.63. The molecular formula is C16H18F2N2O2. The fraction of sp³-hybridized carbons (Fsp3) is 0.500. The van der Waals surface area contributed by atoms with E-state index in [-0.39, 0.29) is 11.5 Å². The van der Waals surface area contributed by atoms with Crippen molar-refractivity contribution < 1.29 is 18.4 Å². The topological polar surface area (TPSA) is 40.6 Å². The van der Waals surface area contributed by atoms with E-state index < -0.39 is 23.6 Å². The number of fused-ring (bicyclic) bond motifs is 2. The maximum atomic E-state index is 13.9. The lowest BCUT2D eigenvalue weighted by Crippen LogP contribution is -2.60. The fourth-order valence-corrected chi connectivity index (χ4v) is 3.40. The number of nitrogens with zero attached hydrogens (tertiary/aromatic N) is 2. The molecule has 0 unspecified atom stereocenters. The van der Waals surface area contributed by atoms with Gasteiger partial charge in [0.05, 0.1) is 5.56 Å². The number of benzene rings is 1. The Balaban J connectivity index is 1.89. The normalized spacial score (nSPS) is 24.6. The maximum Gasteiger partial charge on any atom is 0.257 e. The smallest absolute Gasteiger partial charge is 0.257 e. The number of halogens is 2. The zero-order valence-electron chi connectivity index (χ0n) is 12.4. The predicted molar refractivity (Wildman–Crippen MR) is 76.2 cm³/mol. The van der Waals surface area contributed by atoms with Crippen molar-refractivity contribution >= 4 is 11.8 Å². The zero-order chi connectivity index (χ0) is 15.9. The van der Waals surface area contributed by atoms with Crippen LogP contribution in [-0.2, 0) is 4.79 Å². The number of hydrogen-bond donors (Lipinski definition) is 0. The van der Waals surface area contributed by atoms with Gasteiger partial charge in [0, 0.05) is 19.6 Å². The molecule has 2 aliphatic rings. The molecule has 1 aromatic rings. The first-order valence-corrected chi connectivity index (χ1v) is 7.56. The van der Waals surface area contributed by atoms with E-state index in [0.717, 1.165) is 19.0 Å². The highest BCUT2D eigenvalue weighted by atomic mass is 19.2. The van der Waals surface area contributed by atoms with Crippen molar-refractivity contribution in [3.05, 3.63) is 35.4 Å². The van der Waals surface area contributed by atoms with Gasteiger partial charge in [-0.1, -0.05) is 6.07 Å². The van der Waals surface area contributed by atoms with E-state index in [2.05, 4.69) is 0 Å². The Kier molecular flexibility index (Phi) is 3.85. The minimum absolute atomic E-state index is 0.0939. The molecule has 2 saturated heterocycles. The number of hydrogen-bond acceptors (Lipinski definition) is 2. The second-order valence-corrected chi connectivity index (χ2v) is 5.88. The quantitative estimate of drug-likeness (QED) is 0.839. The third-order valence-corrected chi connectivity index (χ3v) is 4.61. The van der Waals surface area contributed by atoms with Gasteiger partial charge in [0.2, 0.25) is 5.91 Å². The summed E-state index contributed by atoms with van der Waals surface area (Å²) < 4.78 is 27.2. The van der Waals surface area contributed by atoms with E-state index in [0.29, 0.717) is 25.4 Å². The number of carbonyl (C=O) groups is 2. The van der Waals surface area contributed by atoms with Gasteiger partial charge in [-0.05, 0) is 37.8 Å². The number of amides is 2. The first-order chi connectivity index (χ1) is 10.5. The highest BCUT2D eigenvalue weighted by Crippen LogP contribution is 2.31. The van der Waals surface area contributed by atoms with Crippen LogP contribution in [0.15, 0.2) is 18.2 Å². The van der Waals surface area contributed by atoms with Gasteiger partial charge in [-0.2, -0.15) is 0 Å². The molecule has 22 heavy (non-hydrogen) atoms. The van der Waals surface area contributed by atoms with Crippen LogP contribution < -0.4 is 0 Å². The molecular weight excluding hydrogens is 290 g/mol. The summed E-state index contributed by atoms with van der Waals surface area (Å²) in [6.07, 6.45) is 1.39. The van der Waals surface area contributed by atoms with Crippen molar-refractivity contribution in [3.63, 3.8) is 0 Å². The van der Waals surface area contributed by atoms with E-state index in [9.17, 15) is 18.4 Å². The molecule has 2 bridgehead atoms. The molecule has 0 N–H and O–H groups in total. The molecule has 0 saturated carbocycles. The Morgan fingerprint density at radius 2 is 2.14 bits per heavy atom. The van der Waals surface area contributed by atoms with Crippen LogP contribution in [-0.4, -0.2) is 47.3 Å². The average Bonchev–Trinajstić information content (AvgIpc) is 2.53. The van der Waals surface area contributed by atoms with E-state index >= 15 is 0 Å². The van der Waals surface area contributed by atoms with Crippen LogP contribution in [0.4, 0.5) is 8.78 Å². The Labute approximate surface area is 127 Å². The predicted octanol–water partition coefficient (Wildman–Crippen LogP) is 2.05. The van der Waals surface area contributed by atoms with Gasteiger partial charge in [-0.3, -0.25) is 9.59 Å². The molecule has 1 aromatic carbocycles. The molecule has 2 amide bonds. The van der Waals surface area contributed by atoms with E-state index in [1.807, 2.05) is 6.92 Å². The highest BCUT2D eigenvalue weighted by Gasteiger charge is 2.43. The van der Waals surface area contributed by atoms with Crippen LogP contribution in [0.25, 0.3) is 0 Å². The number of rotatable bonds is 2. The van der Waals surface area contributed by atoms with Crippen molar-refractivity contribution in [1.29, 1.82) is 0 Å². The maximum absolute atomic E-state index is 13.9. The second kappa shape index (κ2) is 5.66. The van der Waals surface area contributed by atoms with Crippen LogP contribution >= 0.6 is 0 Å². The lowest BCUT2D eigenvalue weighted by Gasteiger charge is -2.46. The van der Waals surface area contributed by atoms with E-state index in [1.165, 1.54) is 17.0 Å². The molecule has 0 aromatic heterocycles. The lowest BCUT2D eigenvalue weighted by molar-refractivity contribution is -0.143. The van der Waals surface area contributed by atoms with Crippen LogP contribution in [0.1, 0.15) is 30.1 Å². The summed E-state index contributed by atoms with van der Waals surface area (Å²) in [4.78, 5) is 28.1. The van der Waals surface area contributed by atoms with Gasteiger partial charge in [0.25, 0.3) is 5.91 Å². The van der Waals surface area contributed by atoms with Gasteiger partial charge in [-0.15, -0.1) is 0 Å². The molecule has 0 radical (unpaired) electrons. The summed E-state index contributed by atoms with van der Waals surface area (Å²) in [7, 11) is 0. The van der Waals surface area contributed by atoms with Crippen LogP contribution in [0, 0.1) is 17.6 Å². The summed E-state index contributed by atoms with van der Waals surface area (Å²) in [5.41, 5.74) is -0.306. The van der Waals surface area contributed by atoms with Gasteiger partial charge in [-0.25, -0.2) is 8.78 Å². The largest absolute Gasteiger partial charge is 0.341 e. The summed E-state index contributed by atoms with van der Waals surface area (Å²) >= 11 is 0. The average molecular weight is 308 g/mol. The zero-order valence-corrected chi connectivity index (χ0v) is 12.4. The number of likely N-dealkylation sites (N-methyl/N-ethyl adjacent to an activating group) is 1. The molecule has 3 rings (SSSR count). The fourth-order valence-electron chi connectivity index (χ4n) is 3.40. The lowest BCUT2D eigenvalue weighted by atomic mass is 9.85. The standard InChI is InChI=1S/C16H18F2N2O2/c1-2-19-9-10-6-7-20(13(8-10)16(19)22)15(21)11-4-3-5-12(17)14(11)18/h3-5,10,13H,2,6-9H2,1H3/t10-,13+/m0/s1. The number of piperidine rings is 2. The van der Waals surface area contributed by atoms with Crippen molar-refractivity contribution in [1.82, 2.24) is 9.80 Å². The molecule has 2 heterocycles. The van der Waals surface area contributed by atoms with Crippen LogP contribution in [0.5, 0.6) is 0 Å². The van der Waals surface area contributed by atoms with Crippen molar-refractivity contribution in [3.8, 4) is 0 Å². The molecule has 118 valence electrons. The molecule has 2 atom stereocenters. The third kappa shape index (κ3) is 2.36. The Hall–Kier alpha value is -1.98. The molecule has 4 nitrogen and oxygen atoms in total. The number of likely N-dealkylation sites (tertiary alicyclic amines) is 2. The SMILES string of the molecule is CCN1C[C@H]2CCN(C(=O)c3cccc(F)c3F)[C@H](C2)C1=O. The van der Waals surface area contributed by atoms with Gasteiger partial charge in [0.15, 0.2) is 11.6 Å².